The lowest BCUT2D eigenvalue weighted by Crippen LogP contribution is -2.40. The summed E-state index contributed by atoms with van der Waals surface area (Å²) in [6, 6.07) is 6.96. The first-order valence-electron chi connectivity index (χ1n) is 8.18. The molecular weight excluding hydrogens is 296 g/mol. The van der Waals surface area contributed by atoms with Crippen LogP contribution in [0.5, 0.6) is 0 Å². The fourth-order valence-corrected chi connectivity index (χ4v) is 7.01. The highest BCUT2D eigenvalue weighted by Gasteiger charge is 2.69. The fraction of sp³-hybridized carbons (Fsp3) is 0.667. The molecule has 4 aliphatic carbocycles. The van der Waals surface area contributed by atoms with Gasteiger partial charge in [0.25, 0.3) is 10.1 Å². The van der Waals surface area contributed by atoms with Crippen molar-refractivity contribution in [2.24, 2.45) is 16.7 Å². The first kappa shape index (κ1) is 14.7. The van der Waals surface area contributed by atoms with Crippen molar-refractivity contribution in [3.05, 3.63) is 29.8 Å². The summed E-state index contributed by atoms with van der Waals surface area (Å²) in [6.45, 7) is 6.61. The van der Waals surface area contributed by atoms with E-state index < -0.39 is 15.7 Å². The zero-order chi connectivity index (χ0) is 15.8. The van der Waals surface area contributed by atoms with Crippen LogP contribution in [0.2, 0.25) is 0 Å². The minimum Gasteiger partial charge on any atom is -0.260 e. The molecule has 5 rings (SSSR count). The molecule has 0 heterocycles. The Morgan fingerprint density at radius 2 is 1.55 bits per heavy atom. The van der Waals surface area contributed by atoms with Crippen molar-refractivity contribution in [1.82, 2.24) is 0 Å². The second kappa shape index (κ2) is 4.15. The molecule has 1 aromatic carbocycles. The van der Waals surface area contributed by atoms with Crippen molar-refractivity contribution in [1.29, 1.82) is 0 Å². The molecule has 2 unspecified atom stereocenters. The Labute approximate surface area is 133 Å². The van der Waals surface area contributed by atoms with Gasteiger partial charge in [0.1, 0.15) is 0 Å². The maximum atomic E-state index is 12.7. The molecule has 0 aliphatic heterocycles. The Kier molecular flexibility index (Phi) is 2.77. The van der Waals surface area contributed by atoms with Gasteiger partial charge in [-0.05, 0) is 67.9 Å². The lowest BCUT2D eigenvalue weighted by atomic mass is 9.71. The summed E-state index contributed by atoms with van der Waals surface area (Å²) in [5.41, 5.74) is 1.09. The van der Waals surface area contributed by atoms with Crippen molar-refractivity contribution < 1.29 is 12.6 Å². The van der Waals surface area contributed by atoms with Crippen molar-refractivity contribution >= 4 is 10.1 Å². The standard InChI is InChI=1S/C18H24O3S/c1-13-4-6-15(7-5-13)22(19,20)21-18-10-14-8-16(2,11-18)17(3,9-14)12-18/h4-7,14H,8-12H2,1-3H3/t14?,16-,17+,18?. The van der Waals surface area contributed by atoms with Gasteiger partial charge in [-0.25, -0.2) is 0 Å². The van der Waals surface area contributed by atoms with E-state index in [0.29, 0.717) is 5.92 Å². The summed E-state index contributed by atoms with van der Waals surface area (Å²) in [5, 5.41) is 0. The lowest BCUT2D eigenvalue weighted by molar-refractivity contribution is 0.00666. The fourth-order valence-electron chi connectivity index (χ4n) is 5.79. The number of hydrogen-bond acceptors (Lipinski definition) is 3. The minimum atomic E-state index is -3.68. The molecule has 4 aliphatic rings. The largest absolute Gasteiger partial charge is 0.297 e. The zero-order valence-corrected chi connectivity index (χ0v) is 14.4. The number of benzene rings is 1. The third-order valence-electron chi connectivity index (χ3n) is 6.62. The van der Waals surface area contributed by atoms with Crippen LogP contribution in [0.25, 0.3) is 0 Å². The molecule has 4 saturated carbocycles. The van der Waals surface area contributed by atoms with E-state index in [1.54, 1.807) is 12.1 Å². The second-order valence-electron chi connectivity index (χ2n) is 8.49. The molecule has 0 radical (unpaired) electrons. The topological polar surface area (TPSA) is 43.4 Å². The number of hydrogen-bond donors (Lipinski definition) is 0. The highest BCUT2D eigenvalue weighted by atomic mass is 32.2. The van der Waals surface area contributed by atoms with Crippen LogP contribution in [-0.4, -0.2) is 14.0 Å². The Hall–Kier alpha value is -0.870. The maximum Gasteiger partial charge on any atom is 0.297 e. The van der Waals surface area contributed by atoms with Crippen LogP contribution in [0.4, 0.5) is 0 Å². The van der Waals surface area contributed by atoms with Gasteiger partial charge in [0.15, 0.2) is 0 Å². The summed E-state index contributed by atoms with van der Waals surface area (Å²) in [5.74, 6) is 0.630. The molecular formula is C18H24O3S. The smallest absolute Gasteiger partial charge is 0.260 e. The second-order valence-corrected chi connectivity index (χ2v) is 10.0. The van der Waals surface area contributed by atoms with Crippen LogP contribution in [0, 0.1) is 23.7 Å². The van der Waals surface area contributed by atoms with Crippen LogP contribution in [0.3, 0.4) is 0 Å². The Balaban J connectivity index is 1.66. The average Bonchev–Trinajstić information content (AvgIpc) is 2.62. The van der Waals surface area contributed by atoms with Gasteiger partial charge in [0.05, 0.1) is 10.5 Å². The van der Waals surface area contributed by atoms with Crippen LogP contribution in [0.15, 0.2) is 29.2 Å². The number of aryl methyl sites for hydroxylation is 1. The molecule has 0 N–H and O–H groups in total. The van der Waals surface area contributed by atoms with Gasteiger partial charge in [-0.15, -0.1) is 0 Å². The monoisotopic (exact) mass is 320 g/mol. The first-order valence-corrected chi connectivity index (χ1v) is 9.59. The highest BCUT2D eigenvalue weighted by molar-refractivity contribution is 7.86. The summed E-state index contributed by atoms with van der Waals surface area (Å²) in [7, 11) is -3.68. The highest BCUT2D eigenvalue weighted by Crippen LogP contribution is 2.74. The van der Waals surface area contributed by atoms with Gasteiger partial charge in [-0.3, -0.25) is 4.18 Å². The van der Waals surface area contributed by atoms with E-state index >= 15 is 0 Å². The molecule has 22 heavy (non-hydrogen) atoms. The van der Waals surface area contributed by atoms with Gasteiger partial charge < -0.3 is 0 Å². The third kappa shape index (κ3) is 1.93. The van der Waals surface area contributed by atoms with Crippen molar-refractivity contribution in [2.75, 3.05) is 0 Å². The van der Waals surface area contributed by atoms with E-state index in [-0.39, 0.29) is 15.7 Å². The molecule has 3 nitrogen and oxygen atoms in total. The molecule has 120 valence electrons. The van der Waals surface area contributed by atoms with E-state index in [4.69, 9.17) is 4.18 Å². The van der Waals surface area contributed by atoms with Crippen LogP contribution in [0.1, 0.15) is 51.5 Å². The summed E-state index contributed by atoms with van der Waals surface area (Å²) >= 11 is 0. The van der Waals surface area contributed by atoms with Gasteiger partial charge >= 0.3 is 0 Å². The summed E-state index contributed by atoms with van der Waals surface area (Å²) in [6.07, 6.45) is 5.15. The van der Waals surface area contributed by atoms with Gasteiger partial charge in [-0.1, -0.05) is 31.5 Å². The van der Waals surface area contributed by atoms with Crippen molar-refractivity contribution in [3.8, 4) is 0 Å². The molecule has 4 fully saturated rings. The van der Waals surface area contributed by atoms with Crippen molar-refractivity contribution in [2.45, 2.75) is 63.4 Å². The molecule has 1 aromatic rings. The normalized spacial score (nSPS) is 43.0. The van der Waals surface area contributed by atoms with E-state index in [0.717, 1.165) is 24.8 Å². The average molecular weight is 320 g/mol. The predicted molar refractivity (Wildman–Crippen MR) is 85.0 cm³/mol. The van der Waals surface area contributed by atoms with E-state index in [2.05, 4.69) is 13.8 Å². The Morgan fingerprint density at radius 3 is 2.05 bits per heavy atom. The molecule has 0 aromatic heterocycles. The van der Waals surface area contributed by atoms with Crippen LogP contribution in [-0.2, 0) is 14.3 Å². The molecule has 0 saturated heterocycles. The Morgan fingerprint density at radius 1 is 1.00 bits per heavy atom. The van der Waals surface area contributed by atoms with Crippen LogP contribution >= 0.6 is 0 Å². The quantitative estimate of drug-likeness (QED) is 0.789. The molecule has 4 atom stereocenters. The number of rotatable bonds is 3. The molecule has 4 heteroatoms. The molecule has 0 spiro atoms. The Bertz CT molecular complexity index is 701. The first-order chi connectivity index (χ1) is 10.2. The van der Waals surface area contributed by atoms with Gasteiger partial charge in [-0.2, -0.15) is 8.42 Å². The molecule has 0 amide bonds. The van der Waals surface area contributed by atoms with E-state index in [1.807, 2.05) is 19.1 Å². The van der Waals surface area contributed by atoms with E-state index in [1.165, 1.54) is 12.8 Å². The lowest BCUT2D eigenvalue weighted by Gasteiger charge is -2.39. The van der Waals surface area contributed by atoms with E-state index in [9.17, 15) is 8.42 Å². The van der Waals surface area contributed by atoms with Crippen molar-refractivity contribution in [3.63, 3.8) is 0 Å². The van der Waals surface area contributed by atoms with Crippen LogP contribution < -0.4 is 0 Å². The zero-order valence-electron chi connectivity index (χ0n) is 13.6. The molecule has 4 bridgehead atoms. The third-order valence-corrected chi connectivity index (χ3v) is 8.04. The maximum absolute atomic E-state index is 12.7. The van der Waals surface area contributed by atoms with Gasteiger partial charge in [0, 0.05) is 0 Å². The predicted octanol–water partition coefficient (Wildman–Crippen LogP) is 4.06. The summed E-state index contributed by atoms with van der Waals surface area (Å²) < 4.78 is 31.3. The summed E-state index contributed by atoms with van der Waals surface area (Å²) in [4.78, 5) is 0.283. The SMILES string of the molecule is Cc1ccc(S(=O)(=O)OC23CC4C[C@@](C)(C2)[C@](C)(C4)C3)cc1. The van der Waals surface area contributed by atoms with Gasteiger partial charge in [0.2, 0.25) is 0 Å². The minimum absolute atomic E-state index is 0.249.